The van der Waals surface area contributed by atoms with Gasteiger partial charge in [-0.15, -0.1) is 0 Å². The zero-order valence-electron chi connectivity index (χ0n) is 14.2. The first kappa shape index (κ1) is 15.0. The normalized spacial score (nSPS) is 14.6. The van der Waals surface area contributed by atoms with Crippen LogP contribution in [0.2, 0.25) is 0 Å². The third-order valence-corrected chi connectivity index (χ3v) is 4.81. The number of hydrogen-bond acceptors (Lipinski definition) is 5. The van der Waals surface area contributed by atoms with Gasteiger partial charge in [-0.1, -0.05) is 0 Å². The number of nitrogens with zero attached hydrogens (tertiary/aromatic N) is 2. The van der Waals surface area contributed by atoms with Crippen LogP contribution in [-0.4, -0.2) is 31.3 Å². The molecule has 2 aliphatic rings. The highest BCUT2D eigenvalue weighted by Gasteiger charge is 2.28. The zero-order chi connectivity index (χ0) is 17.7. The molecular weight excluding hydrogens is 332 g/mol. The molecule has 0 atom stereocenters. The number of aromatic nitrogens is 1. The number of amides is 1. The molecule has 2 aliphatic heterocycles. The molecule has 130 valence electrons. The molecule has 0 unspecified atom stereocenters. The third kappa shape index (κ3) is 2.26. The van der Waals surface area contributed by atoms with Gasteiger partial charge in [-0.05, 0) is 48.4 Å². The Morgan fingerprint density at radius 3 is 2.88 bits per heavy atom. The second-order valence-corrected chi connectivity index (χ2v) is 6.30. The number of carbonyl (C=O) groups excluding carboxylic acids is 1. The lowest BCUT2D eigenvalue weighted by molar-refractivity contribution is 0.0988. The minimum absolute atomic E-state index is 0.0863. The molecule has 0 N–H and O–H groups in total. The summed E-state index contributed by atoms with van der Waals surface area (Å²) in [6.45, 7) is 0.804. The standard InChI is InChI=1S/C20H16N2O4/c1-24-15-4-2-12-8-13-6-7-22(19(13)21-16(12)10-15)20(23)14-3-5-17-18(9-14)26-11-25-17/h2-5,8-10H,6-7,11H2,1H3. The molecule has 26 heavy (non-hydrogen) atoms. The van der Waals surface area contributed by atoms with Crippen molar-refractivity contribution in [1.82, 2.24) is 4.98 Å². The van der Waals surface area contributed by atoms with Crippen molar-refractivity contribution in [3.8, 4) is 17.2 Å². The highest BCUT2D eigenvalue weighted by atomic mass is 16.7. The molecule has 0 aliphatic carbocycles. The SMILES string of the molecule is COc1ccc2cc3c(nc2c1)N(C(=O)c1ccc2c(c1)OCO2)CC3. The van der Waals surface area contributed by atoms with Gasteiger partial charge in [0.05, 0.1) is 12.6 Å². The van der Waals surface area contributed by atoms with E-state index in [9.17, 15) is 4.79 Å². The maximum atomic E-state index is 13.0. The average Bonchev–Trinajstić information content (AvgIpc) is 3.31. The van der Waals surface area contributed by atoms with Crippen molar-refractivity contribution >= 4 is 22.6 Å². The topological polar surface area (TPSA) is 60.9 Å². The summed E-state index contributed by atoms with van der Waals surface area (Å²) in [4.78, 5) is 19.5. The average molecular weight is 348 g/mol. The van der Waals surface area contributed by atoms with Crippen LogP contribution in [0.25, 0.3) is 10.9 Å². The number of fused-ring (bicyclic) bond motifs is 3. The number of benzene rings is 2. The van der Waals surface area contributed by atoms with E-state index < -0.39 is 0 Å². The molecule has 0 saturated heterocycles. The highest BCUT2D eigenvalue weighted by molar-refractivity contribution is 6.07. The Morgan fingerprint density at radius 2 is 2.00 bits per heavy atom. The van der Waals surface area contributed by atoms with Crippen molar-refractivity contribution in [2.75, 3.05) is 25.3 Å². The Kier molecular flexibility index (Phi) is 3.25. The predicted octanol–water partition coefficient (Wildman–Crippen LogP) is 3.18. The van der Waals surface area contributed by atoms with Crippen LogP contribution in [-0.2, 0) is 6.42 Å². The largest absolute Gasteiger partial charge is 0.497 e. The van der Waals surface area contributed by atoms with E-state index in [2.05, 4.69) is 6.07 Å². The number of anilines is 1. The van der Waals surface area contributed by atoms with Crippen molar-refractivity contribution in [3.05, 3.63) is 53.6 Å². The van der Waals surface area contributed by atoms with Crippen LogP contribution >= 0.6 is 0 Å². The Morgan fingerprint density at radius 1 is 1.12 bits per heavy atom. The lowest BCUT2D eigenvalue weighted by Gasteiger charge is -2.17. The van der Waals surface area contributed by atoms with Crippen LogP contribution in [0.4, 0.5) is 5.82 Å². The summed E-state index contributed by atoms with van der Waals surface area (Å²) in [7, 11) is 1.63. The van der Waals surface area contributed by atoms with Crippen molar-refractivity contribution in [1.29, 1.82) is 0 Å². The van der Waals surface area contributed by atoms with E-state index in [0.29, 0.717) is 29.4 Å². The minimum Gasteiger partial charge on any atom is -0.497 e. The number of rotatable bonds is 2. The van der Waals surface area contributed by atoms with Crippen LogP contribution in [0.15, 0.2) is 42.5 Å². The van der Waals surface area contributed by atoms with Crippen LogP contribution in [0.3, 0.4) is 0 Å². The smallest absolute Gasteiger partial charge is 0.259 e. The van der Waals surface area contributed by atoms with Gasteiger partial charge in [0.1, 0.15) is 11.6 Å². The van der Waals surface area contributed by atoms with Crippen LogP contribution in [0.1, 0.15) is 15.9 Å². The molecule has 6 nitrogen and oxygen atoms in total. The van der Waals surface area contributed by atoms with Crippen LogP contribution in [0.5, 0.6) is 17.2 Å². The fraction of sp³-hybridized carbons (Fsp3) is 0.200. The summed E-state index contributed by atoms with van der Waals surface area (Å²) in [6.07, 6.45) is 0.792. The van der Waals surface area contributed by atoms with Crippen LogP contribution < -0.4 is 19.1 Å². The molecule has 3 heterocycles. The van der Waals surface area contributed by atoms with Gasteiger partial charge in [0.2, 0.25) is 6.79 Å². The quantitative estimate of drug-likeness (QED) is 0.712. The van der Waals surface area contributed by atoms with E-state index in [4.69, 9.17) is 19.2 Å². The van der Waals surface area contributed by atoms with Gasteiger partial charge in [-0.25, -0.2) is 4.98 Å². The van der Waals surface area contributed by atoms with Gasteiger partial charge in [-0.3, -0.25) is 9.69 Å². The third-order valence-electron chi connectivity index (χ3n) is 4.81. The maximum absolute atomic E-state index is 13.0. The van der Waals surface area contributed by atoms with Crippen molar-refractivity contribution in [3.63, 3.8) is 0 Å². The summed E-state index contributed by atoms with van der Waals surface area (Å²) in [5, 5.41) is 1.04. The molecule has 0 saturated carbocycles. The zero-order valence-corrected chi connectivity index (χ0v) is 14.2. The number of carbonyl (C=O) groups is 1. The molecular formula is C20H16N2O4. The summed E-state index contributed by atoms with van der Waals surface area (Å²) in [5.41, 5.74) is 2.46. The van der Waals surface area contributed by atoms with E-state index in [1.165, 1.54) is 0 Å². The Balaban J connectivity index is 1.54. The van der Waals surface area contributed by atoms with Gasteiger partial charge < -0.3 is 14.2 Å². The molecule has 2 aromatic carbocycles. The first-order chi connectivity index (χ1) is 12.7. The van der Waals surface area contributed by atoms with Crippen LogP contribution in [0, 0.1) is 0 Å². The first-order valence-corrected chi connectivity index (χ1v) is 8.42. The molecule has 1 amide bonds. The molecule has 0 spiro atoms. The second kappa shape index (κ2) is 5.62. The Hall–Kier alpha value is -3.28. The molecule has 6 heteroatoms. The highest BCUT2D eigenvalue weighted by Crippen LogP contribution is 2.35. The number of methoxy groups -OCH3 is 1. The van der Waals surface area contributed by atoms with E-state index >= 15 is 0 Å². The summed E-state index contributed by atoms with van der Waals surface area (Å²) in [5.74, 6) is 2.65. The minimum atomic E-state index is -0.0863. The fourth-order valence-corrected chi connectivity index (χ4v) is 3.45. The molecule has 0 radical (unpaired) electrons. The fourth-order valence-electron chi connectivity index (χ4n) is 3.45. The van der Waals surface area contributed by atoms with Gasteiger partial charge in [-0.2, -0.15) is 0 Å². The van der Waals surface area contributed by atoms with E-state index in [1.807, 2.05) is 18.2 Å². The Bertz CT molecular complexity index is 1050. The monoisotopic (exact) mass is 348 g/mol. The lowest BCUT2D eigenvalue weighted by Crippen LogP contribution is -2.29. The maximum Gasteiger partial charge on any atom is 0.259 e. The van der Waals surface area contributed by atoms with Crippen molar-refractivity contribution < 1.29 is 19.0 Å². The number of ether oxygens (including phenoxy) is 3. The van der Waals surface area contributed by atoms with Crippen molar-refractivity contribution in [2.24, 2.45) is 0 Å². The molecule has 0 bridgehead atoms. The lowest BCUT2D eigenvalue weighted by atomic mass is 10.1. The van der Waals surface area contributed by atoms with Gasteiger partial charge in [0.15, 0.2) is 11.5 Å². The van der Waals surface area contributed by atoms with E-state index in [1.54, 1.807) is 30.2 Å². The molecule has 0 fully saturated rings. The van der Waals surface area contributed by atoms with Gasteiger partial charge in [0.25, 0.3) is 5.91 Å². The van der Waals surface area contributed by atoms with E-state index in [-0.39, 0.29) is 12.7 Å². The predicted molar refractivity (Wildman–Crippen MR) is 96.2 cm³/mol. The number of hydrogen-bond donors (Lipinski definition) is 0. The van der Waals surface area contributed by atoms with Gasteiger partial charge in [0, 0.05) is 23.6 Å². The van der Waals surface area contributed by atoms with Crippen molar-refractivity contribution in [2.45, 2.75) is 6.42 Å². The summed E-state index contributed by atoms with van der Waals surface area (Å²) < 4.78 is 16.0. The second-order valence-electron chi connectivity index (χ2n) is 6.30. The molecule has 1 aromatic heterocycles. The molecule has 5 rings (SSSR count). The Labute approximate surface area is 149 Å². The first-order valence-electron chi connectivity index (χ1n) is 8.42. The van der Waals surface area contributed by atoms with Gasteiger partial charge >= 0.3 is 0 Å². The number of pyridine rings is 1. The summed E-state index contributed by atoms with van der Waals surface area (Å²) >= 11 is 0. The van der Waals surface area contributed by atoms with E-state index in [0.717, 1.165) is 28.6 Å². The summed E-state index contributed by atoms with van der Waals surface area (Å²) in [6, 6.07) is 13.2. The molecule has 3 aromatic rings.